The highest BCUT2D eigenvalue weighted by molar-refractivity contribution is 5.74. The second-order valence-corrected chi connectivity index (χ2v) is 5.12. The third kappa shape index (κ3) is 3.84. The van der Waals surface area contributed by atoms with Gasteiger partial charge < -0.3 is 15.7 Å². The molecule has 0 bridgehead atoms. The number of urea groups is 1. The molecule has 0 saturated heterocycles. The molecule has 0 aliphatic heterocycles. The van der Waals surface area contributed by atoms with Crippen LogP contribution >= 0.6 is 0 Å². The summed E-state index contributed by atoms with van der Waals surface area (Å²) >= 11 is 0. The highest BCUT2D eigenvalue weighted by Crippen LogP contribution is 2.16. The standard InChI is InChI=1S/C16H22N2O2/c1-2-13-5-3-4-6-14(13)10-17-16(20)18-15-8-7-12(9-15)11-19/h3-8,12,15,19H,2,9-11H2,1H3,(H2,17,18,20)/t12-,15+/m0/s1. The molecule has 0 aromatic heterocycles. The van der Waals surface area contributed by atoms with E-state index in [1.165, 1.54) is 5.56 Å². The Bertz CT molecular complexity index is 485. The fraction of sp³-hybridized carbons (Fsp3) is 0.438. The maximum atomic E-state index is 11.8. The summed E-state index contributed by atoms with van der Waals surface area (Å²) in [7, 11) is 0. The number of carbonyl (C=O) groups is 1. The Hall–Kier alpha value is -1.81. The van der Waals surface area contributed by atoms with Crippen LogP contribution in [0.3, 0.4) is 0 Å². The minimum absolute atomic E-state index is 0.0218. The van der Waals surface area contributed by atoms with E-state index in [-0.39, 0.29) is 24.6 Å². The van der Waals surface area contributed by atoms with Gasteiger partial charge in [-0.3, -0.25) is 0 Å². The Morgan fingerprint density at radius 1 is 1.30 bits per heavy atom. The fourth-order valence-electron chi connectivity index (χ4n) is 2.49. The lowest BCUT2D eigenvalue weighted by atomic mass is 10.1. The maximum Gasteiger partial charge on any atom is 0.315 e. The summed E-state index contributed by atoms with van der Waals surface area (Å²) in [6.45, 7) is 2.78. The zero-order chi connectivity index (χ0) is 14.4. The average molecular weight is 274 g/mol. The van der Waals surface area contributed by atoms with Gasteiger partial charge in [0.1, 0.15) is 0 Å². The molecule has 20 heavy (non-hydrogen) atoms. The summed E-state index contributed by atoms with van der Waals surface area (Å²) in [4.78, 5) is 11.8. The number of hydrogen-bond donors (Lipinski definition) is 3. The van der Waals surface area contributed by atoms with E-state index >= 15 is 0 Å². The van der Waals surface area contributed by atoms with Gasteiger partial charge in [0.05, 0.1) is 0 Å². The molecule has 2 atom stereocenters. The summed E-state index contributed by atoms with van der Waals surface area (Å²) in [5.74, 6) is 0.168. The quantitative estimate of drug-likeness (QED) is 0.719. The van der Waals surface area contributed by atoms with E-state index in [4.69, 9.17) is 5.11 Å². The van der Waals surface area contributed by atoms with E-state index in [1.54, 1.807) is 0 Å². The maximum absolute atomic E-state index is 11.8. The first-order valence-electron chi connectivity index (χ1n) is 7.13. The van der Waals surface area contributed by atoms with Crippen molar-refractivity contribution in [2.24, 2.45) is 5.92 Å². The predicted molar refractivity (Wildman–Crippen MR) is 79.3 cm³/mol. The molecule has 1 aromatic carbocycles. The highest BCUT2D eigenvalue weighted by Gasteiger charge is 2.19. The number of hydrogen-bond acceptors (Lipinski definition) is 2. The molecule has 0 unspecified atom stereocenters. The molecule has 0 radical (unpaired) electrons. The van der Waals surface area contributed by atoms with Crippen LogP contribution in [0.1, 0.15) is 24.5 Å². The molecule has 0 heterocycles. The van der Waals surface area contributed by atoms with Gasteiger partial charge in [-0.05, 0) is 24.0 Å². The fourth-order valence-corrected chi connectivity index (χ4v) is 2.49. The van der Waals surface area contributed by atoms with Gasteiger partial charge in [-0.25, -0.2) is 4.79 Å². The van der Waals surface area contributed by atoms with Crippen molar-refractivity contribution in [3.8, 4) is 0 Å². The largest absolute Gasteiger partial charge is 0.396 e. The third-order valence-electron chi connectivity index (χ3n) is 3.66. The van der Waals surface area contributed by atoms with Crippen LogP contribution < -0.4 is 10.6 Å². The zero-order valence-corrected chi connectivity index (χ0v) is 11.8. The zero-order valence-electron chi connectivity index (χ0n) is 11.8. The Morgan fingerprint density at radius 3 is 2.70 bits per heavy atom. The van der Waals surface area contributed by atoms with Crippen LogP contribution in [-0.2, 0) is 13.0 Å². The van der Waals surface area contributed by atoms with Crippen molar-refractivity contribution in [3.63, 3.8) is 0 Å². The van der Waals surface area contributed by atoms with Gasteiger partial charge in [0.25, 0.3) is 0 Å². The van der Waals surface area contributed by atoms with E-state index in [9.17, 15) is 4.79 Å². The monoisotopic (exact) mass is 274 g/mol. The molecular weight excluding hydrogens is 252 g/mol. The van der Waals surface area contributed by atoms with Crippen molar-refractivity contribution in [1.29, 1.82) is 0 Å². The molecule has 108 valence electrons. The first-order valence-corrected chi connectivity index (χ1v) is 7.13. The van der Waals surface area contributed by atoms with Crippen LogP contribution in [0, 0.1) is 5.92 Å². The molecule has 4 nitrogen and oxygen atoms in total. The van der Waals surface area contributed by atoms with Gasteiger partial charge in [-0.15, -0.1) is 0 Å². The first-order chi connectivity index (χ1) is 9.72. The van der Waals surface area contributed by atoms with Crippen molar-refractivity contribution < 1.29 is 9.90 Å². The first kappa shape index (κ1) is 14.6. The summed E-state index contributed by atoms with van der Waals surface area (Å²) < 4.78 is 0. The third-order valence-corrected chi connectivity index (χ3v) is 3.66. The van der Waals surface area contributed by atoms with Gasteiger partial charge in [0.15, 0.2) is 0 Å². The van der Waals surface area contributed by atoms with Crippen LogP contribution in [-0.4, -0.2) is 23.8 Å². The van der Waals surface area contributed by atoms with Gasteiger partial charge in [-0.2, -0.15) is 0 Å². The number of rotatable bonds is 5. The smallest absolute Gasteiger partial charge is 0.315 e. The highest BCUT2D eigenvalue weighted by atomic mass is 16.3. The average Bonchev–Trinajstić information content (AvgIpc) is 2.93. The Morgan fingerprint density at radius 2 is 2.05 bits per heavy atom. The van der Waals surface area contributed by atoms with Crippen LogP contribution in [0.2, 0.25) is 0 Å². The molecule has 2 rings (SSSR count). The van der Waals surface area contributed by atoms with E-state index in [0.717, 1.165) is 18.4 Å². The minimum atomic E-state index is -0.163. The molecule has 3 N–H and O–H groups in total. The number of benzene rings is 1. The molecule has 1 aliphatic carbocycles. The summed E-state index contributed by atoms with van der Waals surface area (Å²) in [5.41, 5.74) is 2.41. The van der Waals surface area contributed by atoms with Crippen LogP contribution in [0.25, 0.3) is 0 Å². The molecule has 1 aromatic rings. The van der Waals surface area contributed by atoms with Gasteiger partial charge in [0, 0.05) is 25.1 Å². The Labute approximate surface area is 119 Å². The molecule has 4 heteroatoms. The van der Waals surface area contributed by atoms with Gasteiger partial charge >= 0.3 is 6.03 Å². The van der Waals surface area contributed by atoms with Gasteiger partial charge in [0.2, 0.25) is 0 Å². The van der Waals surface area contributed by atoms with E-state index < -0.39 is 0 Å². The molecule has 2 amide bonds. The summed E-state index contributed by atoms with van der Waals surface area (Å²) in [6.07, 6.45) is 5.64. The van der Waals surface area contributed by atoms with Crippen LogP contribution in [0.15, 0.2) is 36.4 Å². The number of nitrogens with one attached hydrogen (secondary N) is 2. The van der Waals surface area contributed by atoms with Crippen molar-refractivity contribution in [3.05, 3.63) is 47.5 Å². The van der Waals surface area contributed by atoms with Crippen molar-refractivity contribution in [2.45, 2.75) is 32.4 Å². The van der Waals surface area contributed by atoms with Crippen molar-refractivity contribution in [1.82, 2.24) is 10.6 Å². The lowest BCUT2D eigenvalue weighted by molar-refractivity contribution is 0.231. The molecule has 0 saturated carbocycles. The molecule has 0 spiro atoms. The SMILES string of the molecule is CCc1ccccc1CNC(=O)N[C@@H]1C=C[C@H](CO)C1. The second-order valence-electron chi connectivity index (χ2n) is 5.12. The van der Waals surface area contributed by atoms with E-state index in [0.29, 0.717) is 6.54 Å². The van der Waals surface area contributed by atoms with Crippen LogP contribution in [0.5, 0.6) is 0 Å². The normalized spacial score (nSPS) is 20.9. The van der Waals surface area contributed by atoms with Crippen molar-refractivity contribution >= 4 is 6.03 Å². The molecule has 0 fully saturated rings. The summed E-state index contributed by atoms with van der Waals surface area (Å²) in [6, 6.07) is 7.98. The number of carbonyl (C=O) groups excluding carboxylic acids is 1. The molecule has 1 aliphatic rings. The number of aliphatic hydroxyl groups excluding tert-OH is 1. The molecular formula is C16H22N2O2. The lowest BCUT2D eigenvalue weighted by Crippen LogP contribution is -2.40. The second kappa shape index (κ2) is 7.10. The Kier molecular flexibility index (Phi) is 5.18. The van der Waals surface area contributed by atoms with Gasteiger partial charge in [-0.1, -0.05) is 43.3 Å². The minimum Gasteiger partial charge on any atom is -0.396 e. The number of amides is 2. The Balaban J connectivity index is 1.79. The summed E-state index contributed by atoms with van der Waals surface area (Å²) in [5, 5.41) is 14.8. The van der Waals surface area contributed by atoms with Crippen molar-refractivity contribution in [2.75, 3.05) is 6.61 Å². The predicted octanol–water partition coefficient (Wildman–Crippen LogP) is 1.99. The van der Waals surface area contributed by atoms with E-state index in [2.05, 4.69) is 23.6 Å². The topological polar surface area (TPSA) is 61.4 Å². The van der Waals surface area contributed by atoms with Crippen LogP contribution in [0.4, 0.5) is 4.79 Å². The number of aryl methyl sites for hydroxylation is 1. The number of aliphatic hydroxyl groups is 1. The van der Waals surface area contributed by atoms with E-state index in [1.807, 2.05) is 30.4 Å². The lowest BCUT2D eigenvalue weighted by Gasteiger charge is -2.14.